The first kappa shape index (κ1) is 35.2. The predicted molar refractivity (Wildman–Crippen MR) is 256 cm³/mol. The van der Waals surface area contributed by atoms with Crippen LogP contribution in [0.2, 0.25) is 0 Å². The van der Waals surface area contributed by atoms with Gasteiger partial charge in [0.2, 0.25) is 0 Å². The van der Waals surface area contributed by atoms with Gasteiger partial charge in [-0.2, -0.15) is 0 Å². The summed E-state index contributed by atoms with van der Waals surface area (Å²) in [6, 6.07) is 71.5. The van der Waals surface area contributed by atoms with Gasteiger partial charge in [0.15, 0.2) is 17.5 Å². The largest absolute Gasteiger partial charge is 0.456 e. The van der Waals surface area contributed by atoms with Crippen LogP contribution in [0.5, 0.6) is 0 Å². The van der Waals surface area contributed by atoms with Crippen LogP contribution < -0.4 is 0 Å². The van der Waals surface area contributed by atoms with Crippen LogP contribution in [-0.2, 0) is 0 Å². The fraction of sp³-hybridized carbons (Fsp3) is 0. The van der Waals surface area contributed by atoms with Crippen molar-refractivity contribution in [3.8, 4) is 62.1 Å². The number of furan rings is 2. The monoisotopic (exact) mass is 806 g/mol. The average molecular weight is 807 g/mol. The zero-order chi connectivity index (χ0) is 41.4. The van der Waals surface area contributed by atoms with E-state index in [4.69, 9.17) is 23.8 Å². The number of hydrogen-bond donors (Lipinski definition) is 0. The van der Waals surface area contributed by atoms with Crippen LogP contribution in [0, 0.1) is 0 Å². The van der Waals surface area contributed by atoms with Gasteiger partial charge in [0.25, 0.3) is 0 Å². The number of fused-ring (bicyclic) bond motifs is 9. The van der Waals surface area contributed by atoms with Gasteiger partial charge in [-0.05, 0) is 89.0 Å². The van der Waals surface area contributed by atoms with Crippen molar-refractivity contribution in [2.45, 2.75) is 0 Å². The maximum absolute atomic E-state index is 6.57. The first-order chi connectivity index (χ1) is 31.2. The topological polar surface area (TPSA) is 69.9 Å². The maximum atomic E-state index is 6.57. The molecule has 9 aromatic carbocycles. The van der Waals surface area contributed by atoms with Gasteiger partial charge >= 0.3 is 0 Å². The number of aromatic nitrogens is 4. The van der Waals surface area contributed by atoms with Crippen LogP contribution >= 0.6 is 0 Å². The smallest absolute Gasteiger partial charge is 0.164 e. The minimum absolute atomic E-state index is 0.548. The van der Waals surface area contributed by atoms with E-state index in [9.17, 15) is 0 Å². The quantitative estimate of drug-likeness (QED) is 0.167. The summed E-state index contributed by atoms with van der Waals surface area (Å²) in [4.78, 5) is 15.6. The second-order valence-electron chi connectivity index (χ2n) is 15.9. The van der Waals surface area contributed by atoms with Crippen molar-refractivity contribution in [2.24, 2.45) is 0 Å². The van der Waals surface area contributed by atoms with E-state index < -0.39 is 0 Å². The zero-order valence-corrected chi connectivity index (χ0v) is 33.7. The van der Waals surface area contributed by atoms with Crippen molar-refractivity contribution in [3.05, 3.63) is 206 Å². The van der Waals surface area contributed by atoms with Gasteiger partial charge in [0, 0.05) is 54.7 Å². The van der Waals surface area contributed by atoms with E-state index in [1.807, 2.05) is 60.7 Å². The Morgan fingerprint density at radius 1 is 0.302 bits per heavy atom. The molecule has 4 heterocycles. The fourth-order valence-electron chi connectivity index (χ4n) is 9.37. The molecule has 0 aliphatic rings. The maximum Gasteiger partial charge on any atom is 0.164 e. The molecule has 0 atom stereocenters. The molecule has 13 aromatic rings. The van der Waals surface area contributed by atoms with Crippen molar-refractivity contribution in [3.63, 3.8) is 0 Å². The number of hydrogen-bond acceptors (Lipinski definition) is 5. The summed E-state index contributed by atoms with van der Waals surface area (Å²) >= 11 is 0. The van der Waals surface area contributed by atoms with Crippen molar-refractivity contribution >= 4 is 65.7 Å². The summed E-state index contributed by atoms with van der Waals surface area (Å²) in [7, 11) is 0. The lowest BCUT2D eigenvalue weighted by Gasteiger charge is -2.11. The lowest BCUT2D eigenvalue weighted by Crippen LogP contribution is -2.00. The van der Waals surface area contributed by atoms with Crippen LogP contribution in [0.15, 0.2) is 215 Å². The van der Waals surface area contributed by atoms with E-state index in [0.29, 0.717) is 17.5 Å². The summed E-state index contributed by atoms with van der Waals surface area (Å²) < 4.78 is 15.4. The van der Waals surface area contributed by atoms with Crippen molar-refractivity contribution in [1.82, 2.24) is 19.5 Å². The van der Waals surface area contributed by atoms with Crippen molar-refractivity contribution in [2.75, 3.05) is 0 Å². The van der Waals surface area contributed by atoms with Crippen LogP contribution in [0.1, 0.15) is 0 Å². The molecule has 0 bridgehead atoms. The molecule has 6 heteroatoms. The molecule has 0 spiro atoms. The molecule has 0 aliphatic heterocycles. The second-order valence-corrected chi connectivity index (χ2v) is 15.9. The highest BCUT2D eigenvalue weighted by Crippen LogP contribution is 2.42. The molecule has 4 aromatic heterocycles. The van der Waals surface area contributed by atoms with Gasteiger partial charge < -0.3 is 13.4 Å². The lowest BCUT2D eigenvalue weighted by atomic mass is 9.96. The Morgan fingerprint density at radius 2 is 0.873 bits per heavy atom. The van der Waals surface area contributed by atoms with E-state index in [0.717, 1.165) is 88.5 Å². The third kappa shape index (κ3) is 5.69. The molecule has 0 saturated carbocycles. The number of nitrogens with zero attached hydrogens (tertiary/aromatic N) is 4. The molecular formula is C57H34N4O2. The molecule has 0 unspecified atom stereocenters. The Labute approximate surface area is 361 Å². The molecular weight excluding hydrogens is 773 g/mol. The van der Waals surface area contributed by atoms with Crippen molar-refractivity contribution in [1.29, 1.82) is 0 Å². The highest BCUT2D eigenvalue weighted by Gasteiger charge is 2.21. The Hall–Kier alpha value is -8.61. The van der Waals surface area contributed by atoms with E-state index in [1.54, 1.807) is 0 Å². The van der Waals surface area contributed by atoms with Gasteiger partial charge in [-0.25, -0.2) is 15.0 Å². The predicted octanol–water partition coefficient (Wildman–Crippen LogP) is 15.1. The summed E-state index contributed by atoms with van der Waals surface area (Å²) in [6.45, 7) is 0. The number of rotatable bonds is 6. The minimum Gasteiger partial charge on any atom is -0.456 e. The Kier molecular flexibility index (Phi) is 7.80. The van der Waals surface area contributed by atoms with Crippen LogP contribution in [-0.4, -0.2) is 19.5 Å². The van der Waals surface area contributed by atoms with Gasteiger partial charge in [-0.1, -0.05) is 140 Å². The zero-order valence-electron chi connectivity index (χ0n) is 33.7. The molecule has 13 rings (SSSR count). The summed E-state index contributed by atoms with van der Waals surface area (Å²) in [6.07, 6.45) is 0. The van der Waals surface area contributed by atoms with Gasteiger partial charge in [-0.15, -0.1) is 0 Å². The molecule has 6 nitrogen and oxygen atoms in total. The Bertz CT molecular complexity index is 3900. The molecule has 0 aliphatic carbocycles. The average Bonchev–Trinajstić information content (AvgIpc) is 4.03. The van der Waals surface area contributed by atoms with Gasteiger partial charge in [0.05, 0.1) is 11.0 Å². The van der Waals surface area contributed by atoms with E-state index in [2.05, 4.69) is 150 Å². The van der Waals surface area contributed by atoms with E-state index in [1.165, 1.54) is 21.8 Å². The highest BCUT2D eigenvalue weighted by atomic mass is 16.3. The molecule has 0 amide bonds. The Balaban J connectivity index is 1.01. The first-order valence-corrected chi connectivity index (χ1v) is 21.1. The molecule has 63 heavy (non-hydrogen) atoms. The minimum atomic E-state index is 0.548. The third-order valence-corrected chi connectivity index (χ3v) is 12.2. The van der Waals surface area contributed by atoms with E-state index in [-0.39, 0.29) is 0 Å². The van der Waals surface area contributed by atoms with Gasteiger partial charge in [0.1, 0.15) is 22.3 Å². The van der Waals surface area contributed by atoms with Crippen LogP contribution in [0.3, 0.4) is 0 Å². The SMILES string of the molecule is c1ccc(-c2nc(-c3cc(-c4ccccc4)c4c(c3)oc3ccccc34)nc(-c3cccc4oc5ccc(-c6ccc7c(c6)c6ccccc6n7-c6ccccc6)cc5c34)n2)cc1. The second kappa shape index (κ2) is 14.0. The highest BCUT2D eigenvalue weighted by molar-refractivity contribution is 6.15. The number of para-hydroxylation sites is 3. The fourth-order valence-corrected chi connectivity index (χ4v) is 9.37. The molecule has 0 saturated heterocycles. The van der Waals surface area contributed by atoms with E-state index >= 15 is 0 Å². The standard InChI is InChI=1S/C57H34N4O2/c1-4-15-35(16-5-1)44-33-39(34-52-53(44)42-22-11-13-25-49(42)63-52)56-58-55(36-17-6-2-7-18-36)59-57(60-56)43-23-14-26-51-54(43)46-32-38(28-30-50(46)62-51)37-27-29-48-45(31-37)41-21-10-12-24-47(41)61(48)40-19-8-3-9-20-40/h1-34H. The van der Waals surface area contributed by atoms with Crippen LogP contribution in [0.25, 0.3) is 128 Å². The molecule has 0 fully saturated rings. The third-order valence-electron chi connectivity index (χ3n) is 12.2. The van der Waals surface area contributed by atoms with Crippen LogP contribution in [0.4, 0.5) is 0 Å². The molecule has 0 radical (unpaired) electrons. The lowest BCUT2D eigenvalue weighted by molar-refractivity contribution is 0.668. The molecule has 0 N–H and O–H groups in total. The van der Waals surface area contributed by atoms with Gasteiger partial charge in [-0.3, -0.25) is 0 Å². The summed E-state index contributed by atoms with van der Waals surface area (Å²) in [5.41, 5.74) is 13.6. The first-order valence-electron chi connectivity index (χ1n) is 21.1. The molecule has 294 valence electrons. The summed E-state index contributed by atoms with van der Waals surface area (Å²) in [5.74, 6) is 1.68. The normalized spacial score (nSPS) is 11.8. The number of benzene rings is 9. The van der Waals surface area contributed by atoms with Crippen molar-refractivity contribution < 1.29 is 8.83 Å². The summed E-state index contributed by atoms with van der Waals surface area (Å²) in [5, 5.41) is 6.48. The Morgan fingerprint density at radius 3 is 1.68 bits per heavy atom.